The van der Waals surface area contributed by atoms with Crippen molar-refractivity contribution in [3.8, 4) is 0 Å². The topological polar surface area (TPSA) is 28.1 Å². The number of nitrogens with one attached hydrogen (secondary N) is 1. The van der Waals surface area contributed by atoms with Crippen molar-refractivity contribution in [3.05, 3.63) is 36.0 Å². The summed E-state index contributed by atoms with van der Waals surface area (Å²) in [6.07, 6.45) is 7.05. The molecule has 0 radical (unpaired) electrons. The highest BCUT2D eigenvalue weighted by molar-refractivity contribution is 5.89. The van der Waals surface area contributed by atoms with E-state index < -0.39 is 0 Å². The molecule has 1 heterocycles. The van der Waals surface area contributed by atoms with Gasteiger partial charge in [-0.05, 0) is 18.6 Å². The molecular weight excluding hydrogens is 208 g/mol. The third kappa shape index (κ3) is 3.45. The summed E-state index contributed by atoms with van der Waals surface area (Å²) in [7, 11) is 0. The number of rotatable bonds is 6. The molecule has 1 N–H and O–H groups in total. The molecule has 2 heteroatoms. The van der Waals surface area contributed by atoms with Gasteiger partial charge in [0.25, 0.3) is 0 Å². The summed E-state index contributed by atoms with van der Waals surface area (Å²) in [6, 6.07) is 10.5. The lowest BCUT2D eigenvalue weighted by atomic mass is 10.2. The van der Waals surface area contributed by atoms with Gasteiger partial charge in [0.2, 0.25) is 0 Å². The lowest BCUT2D eigenvalue weighted by Gasteiger charge is -1.93. The van der Waals surface area contributed by atoms with Crippen molar-refractivity contribution in [2.45, 2.75) is 32.6 Å². The zero-order valence-electron chi connectivity index (χ0n) is 10.4. The maximum atomic E-state index is 4.45. The molecule has 1 aromatic carbocycles. The van der Waals surface area contributed by atoms with Crippen LogP contribution in [0.2, 0.25) is 0 Å². The number of fused-ring (bicyclic) bond motifs is 1. The highest BCUT2D eigenvalue weighted by atomic mass is 14.8. The summed E-state index contributed by atoms with van der Waals surface area (Å²) in [5.41, 5.74) is 2.28. The number of unbranched alkanes of at least 4 members (excludes halogenated alkanes) is 3. The van der Waals surface area contributed by atoms with Crippen molar-refractivity contribution >= 4 is 17.1 Å². The molecule has 2 rings (SSSR count). The average Bonchev–Trinajstić information content (AvgIpc) is 2.76. The van der Waals surface area contributed by atoms with Crippen LogP contribution in [0.5, 0.6) is 0 Å². The van der Waals surface area contributed by atoms with Crippen LogP contribution in [0.4, 0.5) is 0 Å². The number of hydrogen-bond donors (Lipinski definition) is 1. The maximum absolute atomic E-state index is 4.45. The molecule has 0 bridgehead atoms. The van der Waals surface area contributed by atoms with Gasteiger partial charge in [0, 0.05) is 23.7 Å². The summed E-state index contributed by atoms with van der Waals surface area (Å²) < 4.78 is 0. The molecule has 0 saturated carbocycles. The van der Waals surface area contributed by atoms with Crippen LogP contribution in [0.25, 0.3) is 10.9 Å². The molecule has 0 saturated heterocycles. The Labute approximate surface area is 103 Å². The highest BCUT2D eigenvalue weighted by Gasteiger charge is 1.96. The number of aromatic nitrogens is 1. The monoisotopic (exact) mass is 228 g/mol. The fourth-order valence-corrected chi connectivity index (χ4v) is 1.96. The lowest BCUT2D eigenvalue weighted by molar-refractivity contribution is 0.676. The summed E-state index contributed by atoms with van der Waals surface area (Å²) in [5.74, 6) is 0. The van der Waals surface area contributed by atoms with Crippen molar-refractivity contribution in [2.24, 2.45) is 4.99 Å². The Morgan fingerprint density at radius 1 is 1.18 bits per heavy atom. The van der Waals surface area contributed by atoms with E-state index in [0.717, 1.165) is 12.2 Å². The van der Waals surface area contributed by atoms with Gasteiger partial charge < -0.3 is 4.98 Å². The highest BCUT2D eigenvalue weighted by Crippen LogP contribution is 2.13. The van der Waals surface area contributed by atoms with Crippen LogP contribution in [0.1, 0.15) is 38.3 Å². The quantitative estimate of drug-likeness (QED) is 0.568. The van der Waals surface area contributed by atoms with Gasteiger partial charge in [-0.2, -0.15) is 0 Å². The summed E-state index contributed by atoms with van der Waals surface area (Å²) in [6.45, 7) is 3.17. The van der Waals surface area contributed by atoms with E-state index in [4.69, 9.17) is 0 Å². The Hall–Kier alpha value is -1.57. The Morgan fingerprint density at radius 2 is 2.06 bits per heavy atom. The molecule has 0 aliphatic heterocycles. The van der Waals surface area contributed by atoms with E-state index in [-0.39, 0.29) is 0 Å². The third-order valence-corrected chi connectivity index (χ3v) is 2.92. The zero-order chi connectivity index (χ0) is 11.9. The molecule has 0 amide bonds. The van der Waals surface area contributed by atoms with Gasteiger partial charge in [-0.25, -0.2) is 0 Å². The van der Waals surface area contributed by atoms with Crippen LogP contribution in [0.15, 0.2) is 35.3 Å². The van der Waals surface area contributed by atoms with Gasteiger partial charge >= 0.3 is 0 Å². The first kappa shape index (κ1) is 11.9. The van der Waals surface area contributed by atoms with Crippen LogP contribution >= 0.6 is 0 Å². The van der Waals surface area contributed by atoms with Crippen LogP contribution in [0.3, 0.4) is 0 Å². The molecule has 0 atom stereocenters. The lowest BCUT2D eigenvalue weighted by Crippen LogP contribution is -1.85. The molecule has 2 aromatic rings. The van der Waals surface area contributed by atoms with Crippen molar-refractivity contribution in [1.82, 2.24) is 4.98 Å². The fraction of sp³-hybridized carbons (Fsp3) is 0.400. The van der Waals surface area contributed by atoms with Crippen LogP contribution in [0, 0.1) is 0 Å². The minimum atomic E-state index is 0.940. The van der Waals surface area contributed by atoms with Gasteiger partial charge in [0.1, 0.15) is 0 Å². The second kappa shape index (κ2) is 6.24. The number of nitrogens with zero attached hydrogens (tertiary/aromatic N) is 1. The number of aliphatic imine (C=N–C) groups is 1. The van der Waals surface area contributed by atoms with Crippen LogP contribution in [-0.4, -0.2) is 17.7 Å². The van der Waals surface area contributed by atoms with E-state index >= 15 is 0 Å². The minimum absolute atomic E-state index is 0.940. The number of H-pyrrole nitrogens is 1. The molecule has 0 aliphatic rings. The first-order valence-corrected chi connectivity index (χ1v) is 6.47. The number of hydrogen-bond acceptors (Lipinski definition) is 1. The van der Waals surface area contributed by atoms with Gasteiger partial charge in [0.15, 0.2) is 0 Å². The molecule has 0 aliphatic carbocycles. The second-order valence-electron chi connectivity index (χ2n) is 4.41. The van der Waals surface area contributed by atoms with Gasteiger partial charge in [-0.1, -0.05) is 44.4 Å². The van der Waals surface area contributed by atoms with Gasteiger partial charge in [0.05, 0.1) is 5.69 Å². The van der Waals surface area contributed by atoms with Crippen molar-refractivity contribution in [1.29, 1.82) is 0 Å². The molecule has 17 heavy (non-hydrogen) atoms. The normalized spacial score (nSPS) is 11.6. The molecule has 0 spiro atoms. The maximum Gasteiger partial charge on any atom is 0.0572 e. The first-order valence-electron chi connectivity index (χ1n) is 6.47. The average molecular weight is 228 g/mol. The van der Waals surface area contributed by atoms with E-state index in [1.807, 2.05) is 12.3 Å². The Balaban J connectivity index is 1.87. The standard InChI is InChI=1S/C15H20N2/c1-2-3-4-7-10-16-12-14-11-13-8-5-6-9-15(13)17-14/h5-6,8-9,11-12,17H,2-4,7,10H2,1H3. The van der Waals surface area contributed by atoms with Crippen LogP contribution in [-0.2, 0) is 0 Å². The SMILES string of the molecule is CCCCCCN=Cc1cc2ccccc2[nH]1. The minimum Gasteiger partial charge on any atom is -0.354 e. The first-order chi connectivity index (χ1) is 8.40. The molecule has 0 unspecified atom stereocenters. The van der Waals surface area contributed by atoms with Crippen molar-refractivity contribution < 1.29 is 0 Å². The van der Waals surface area contributed by atoms with E-state index in [2.05, 4.69) is 41.2 Å². The van der Waals surface area contributed by atoms with E-state index in [1.54, 1.807) is 0 Å². The summed E-state index contributed by atoms with van der Waals surface area (Å²) in [5, 5.41) is 1.25. The van der Waals surface area contributed by atoms with Crippen molar-refractivity contribution in [3.63, 3.8) is 0 Å². The van der Waals surface area contributed by atoms with Gasteiger partial charge in [-0.15, -0.1) is 0 Å². The number of para-hydroxylation sites is 1. The Morgan fingerprint density at radius 3 is 2.88 bits per heavy atom. The predicted molar refractivity (Wildman–Crippen MR) is 74.9 cm³/mol. The van der Waals surface area contributed by atoms with Crippen LogP contribution < -0.4 is 0 Å². The Kier molecular flexibility index (Phi) is 4.37. The van der Waals surface area contributed by atoms with Gasteiger partial charge in [-0.3, -0.25) is 4.99 Å². The molecule has 2 nitrogen and oxygen atoms in total. The van der Waals surface area contributed by atoms with E-state index in [0.29, 0.717) is 0 Å². The summed E-state index contributed by atoms with van der Waals surface area (Å²) in [4.78, 5) is 7.80. The largest absolute Gasteiger partial charge is 0.354 e. The van der Waals surface area contributed by atoms with E-state index in [1.165, 1.54) is 36.6 Å². The predicted octanol–water partition coefficient (Wildman–Crippen LogP) is 4.17. The second-order valence-corrected chi connectivity index (χ2v) is 4.41. The fourth-order valence-electron chi connectivity index (χ4n) is 1.96. The third-order valence-electron chi connectivity index (χ3n) is 2.92. The molecule has 1 aromatic heterocycles. The molecular formula is C15H20N2. The van der Waals surface area contributed by atoms with Crippen molar-refractivity contribution in [2.75, 3.05) is 6.54 Å². The number of benzene rings is 1. The smallest absolute Gasteiger partial charge is 0.0572 e. The number of aromatic amines is 1. The van der Waals surface area contributed by atoms with E-state index in [9.17, 15) is 0 Å². The molecule has 90 valence electrons. The molecule has 0 fully saturated rings. The zero-order valence-corrected chi connectivity index (χ0v) is 10.4. The summed E-state index contributed by atoms with van der Waals surface area (Å²) >= 11 is 0. The Bertz CT molecular complexity index is 449.